The molecule has 6 nitrogen and oxygen atoms in total. The van der Waals surface area contributed by atoms with Gasteiger partial charge in [-0.1, -0.05) is 36.1 Å². The molecule has 0 atom stereocenters. The van der Waals surface area contributed by atoms with Crippen LogP contribution >= 0.6 is 35.3 Å². The average molecular weight is 407 g/mol. The largest absolute Gasteiger partial charge is 0.487 e. The van der Waals surface area contributed by atoms with Crippen molar-refractivity contribution in [2.75, 3.05) is 6.54 Å². The maximum atomic E-state index is 12.2. The van der Waals surface area contributed by atoms with E-state index < -0.39 is 12.5 Å². The van der Waals surface area contributed by atoms with Gasteiger partial charge in [-0.2, -0.15) is 0 Å². The van der Waals surface area contributed by atoms with Crippen LogP contribution in [0.4, 0.5) is 0 Å². The van der Waals surface area contributed by atoms with Crippen molar-refractivity contribution in [2.24, 2.45) is 0 Å². The third kappa shape index (κ3) is 4.48. The van der Waals surface area contributed by atoms with E-state index in [1.165, 1.54) is 0 Å². The molecule has 0 saturated carbocycles. The highest BCUT2D eigenvalue weighted by Crippen LogP contribution is 2.32. The van der Waals surface area contributed by atoms with Gasteiger partial charge in [0.25, 0.3) is 5.91 Å². The number of carboxylic acids is 1. The molecule has 0 unspecified atom stereocenters. The summed E-state index contributed by atoms with van der Waals surface area (Å²) in [7, 11) is 0. The van der Waals surface area contributed by atoms with Crippen LogP contribution in [-0.4, -0.2) is 37.7 Å². The Morgan fingerprint density at radius 2 is 2.12 bits per heavy atom. The lowest BCUT2D eigenvalue weighted by Crippen LogP contribution is -2.33. The van der Waals surface area contributed by atoms with Gasteiger partial charge in [0.15, 0.2) is 0 Å². The predicted octanol–water partition coefficient (Wildman–Crippen LogP) is 3.32. The Morgan fingerprint density at radius 3 is 2.73 bits per heavy atom. The maximum absolute atomic E-state index is 12.2. The van der Waals surface area contributed by atoms with Crippen LogP contribution in [0.1, 0.15) is 16.3 Å². The normalized spacial score (nSPS) is 15.7. The maximum Gasteiger partial charge on any atom is 0.323 e. The quantitative estimate of drug-likeness (QED) is 0.582. The van der Waals surface area contributed by atoms with Crippen LogP contribution in [0.3, 0.4) is 0 Å². The third-order valence-electron chi connectivity index (χ3n) is 3.40. The number of aliphatic carboxylic acids is 1. The number of carbonyl (C=O) groups excluding carboxylic acids is 1. The Hall–Kier alpha value is -2.23. The highest BCUT2D eigenvalue weighted by molar-refractivity contribution is 8.26. The molecule has 26 heavy (non-hydrogen) atoms. The summed E-state index contributed by atoms with van der Waals surface area (Å²) in [5.74, 6) is -0.785. The number of aromatic nitrogens is 1. The van der Waals surface area contributed by atoms with Crippen LogP contribution in [0.5, 0.6) is 5.75 Å². The summed E-state index contributed by atoms with van der Waals surface area (Å²) in [5.41, 5.74) is 1.69. The smallest absolute Gasteiger partial charge is 0.323 e. The van der Waals surface area contributed by atoms with Gasteiger partial charge in [0.05, 0.1) is 15.6 Å². The molecule has 134 valence electrons. The second-order valence-corrected chi connectivity index (χ2v) is 8.12. The highest BCUT2D eigenvalue weighted by Gasteiger charge is 2.33. The van der Waals surface area contributed by atoms with Gasteiger partial charge < -0.3 is 9.84 Å². The van der Waals surface area contributed by atoms with Gasteiger partial charge in [0, 0.05) is 5.38 Å². The second kappa shape index (κ2) is 7.98. The molecule has 9 heteroatoms. The molecule has 0 bridgehead atoms. The summed E-state index contributed by atoms with van der Waals surface area (Å²) in [4.78, 5) is 28.9. The van der Waals surface area contributed by atoms with Crippen LogP contribution < -0.4 is 4.74 Å². The van der Waals surface area contributed by atoms with E-state index in [1.54, 1.807) is 17.4 Å². The molecule has 1 aromatic carbocycles. The molecule has 1 N–H and O–H groups in total. The number of carbonyl (C=O) groups is 2. The predicted molar refractivity (Wildman–Crippen MR) is 105 cm³/mol. The number of thioether (sulfide) groups is 1. The number of benzene rings is 1. The number of ether oxygens (including phenoxy) is 1. The second-order valence-electron chi connectivity index (χ2n) is 5.38. The fourth-order valence-corrected chi connectivity index (χ4v) is 4.07. The fraction of sp³-hybridized carbons (Fsp3) is 0.176. The first-order valence-corrected chi connectivity index (χ1v) is 9.64. The molecular formula is C17H14N2O4S3. The lowest BCUT2D eigenvalue weighted by Gasteiger charge is -2.10. The number of rotatable bonds is 6. The number of aryl methyl sites for hydroxylation is 1. The van der Waals surface area contributed by atoms with Crippen molar-refractivity contribution in [2.45, 2.75) is 13.5 Å². The van der Waals surface area contributed by atoms with E-state index in [9.17, 15) is 9.59 Å². The summed E-state index contributed by atoms with van der Waals surface area (Å²) in [6.45, 7) is 1.92. The number of thiocarbonyl (C=S) groups is 1. The van der Waals surface area contributed by atoms with E-state index in [1.807, 2.05) is 36.6 Å². The summed E-state index contributed by atoms with van der Waals surface area (Å²) in [6.07, 6.45) is 1.69. The molecule has 1 amide bonds. The molecule has 1 fully saturated rings. The van der Waals surface area contributed by atoms with E-state index >= 15 is 0 Å². The van der Waals surface area contributed by atoms with Gasteiger partial charge in [0.2, 0.25) is 0 Å². The number of carboxylic acid groups (broad SMARTS) is 1. The molecule has 1 aromatic heterocycles. The Balaban J connectivity index is 1.65. The summed E-state index contributed by atoms with van der Waals surface area (Å²) >= 11 is 7.75. The van der Waals surface area contributed by atoms with Gasteiger partial charge in [0.1, 0.15) is 23.2 Å². The molecule has 0 radical (unpaired) electrons. The van der Waals surface area contributed by atoms with Gasteiger partial charge in [-0.05, 0) is 30.7 Å². The van der Waals surface area contributed by atoms with Gasteiger partial charge in [-0.3, -0.25) is 14.5 Å². The SMILES string of the molecule is Cc1nc(COc2ccc(/C=C3\SC(=S)N(CC(=O)O)C3=O)cc2)cs1. The Labute approximate surface area is 163 Å². The molecular weight excluding hydrogens is 392 g/mol. The van der Waals surface area contributed by atoms with Crippen molar-refractivity contribution in [3.63, 3.8) is 0 Å². The molecule has 0 aliphatic carbocycles. The van der Waals surface area contributed by atoms with Crippen molar-refractivity contribution >= 4 is 57.6 Å². The minimum atomic E-state index is -1.10. The van der Waals surface area contributed by atoms with Crippen LogP contribution in [0, 0.1) is 6.92 Å². The Bertz CT molecular complexity index is 890. The van der Waals surface area contributed by atoms with Crippen LogP contribution in [-0.2, 0) is 16.2 Å². The first-order chi connectivity index (χ1) is 12.4. The zero-order valence-corrected chi connectivity index (χ0v) is 16.1. The zero-order valence-electron chi connectivity index (χ0n) is 13.7. The number of hydrogen-bond donors (Lipinski definition) is 1. The van der Waals surface area contributed by atoms with E-state index in [0.29, 0.717) is 17.3 Å². The number of thiazole rings is 1. The molecule has 1 saturated heterocycles. The highest BCUT2D eigenvalue weighted by atomic mass is 32.2. The van der Waals surface area contributed by atoms with Gasteiger partial charge >= 0.3 is 5.97 Å². The minimum Gasteiger partial charge on any atom is -0.487 e. The lowest BCUT2D eigenvalue weighted by atomic mass is 10.2. The molecule has 1 aliphatic rings. The number of nitrogens with zero attached hydrogens (tertiary/aromatic N) is 2. The fourth-order valence-electron chi connectivity index (χ4n) is 2.22. The summed E-state index contributed by atoms with van der Waals surface area (Å²) in [5, 5.41) is 11.8. The van der Waals surface area contributed by atoms with Gasteiger partial charge in [-0.15, -0.1) is 11.3 Å². The minimum absolute atomic E-state index is 0.252. The van der Waals surface area contributed by atoms with Crippen molar-refractivity contribution in [1.29, 1.82) is 0 Å². The lowest BCUT2D eigenvalue weighted by molar-refractivity contribution is -0.140. The Morgan fingerprint density at radius 1 is 1.38 bits per heavy atom. The molecule has 2 heterocycles. The van der Waals surface area contributed by atoms with E-state index in [2.05, 4.69) is 4.98 Å². The Kier molecular flexibility index (Phi) is 5.70. The van der Waals surface area contributed by atoms with Crippen molar-refractivity contribution in [3.05, 3.63) is 50.8 Å². The standard InChI is InChI=1S/C17H14N2O4S3/c1-10-18-12(9-25-10)8-23-13-4-2-11(3-5-13)6-14-16(22)19(7-15(20)21)17(24)26-14/h2-6,9H,7-8H2,1H3,(H,20,21)/b14-6-. The molecule has 0 spiro atoms. The number of hydrogen-bond acceptors (Lipinski definition) is 7. The first kappa shape index (κ1) is 18.6. The van der Waals surface area contributed by atoms with Crippen molar-refractivity contribution in [3.8, 4) is 5.75 Å². The van der Waals surface area contributed by atoms with Crippen molar-refractivity contribution in [1.82, 2.24) is 9.88 Å². The molecule has 3 rings (SSSR count). The molecule has 2 aromatic rings. The van der Waals surface area contributed by atoms with Crippen LogP contribution in [0.2, 0.25) is 0 Å². The van der Waals surface area contributed by atoms with Gasteiger partial charge in [-0.25, -0.2) is 4.98 Å². The van der Waals surface area contributed by atoms with E-state index in [0.717, 1.165) is 32.9 Å². The topological polar surface area (TPSA) is 79.7 Å². The van der Waals surface area contributed by atoms with Crippen LogP contribution in [0.15, 0.2) is 34.6 Å². The monoisotopic (exact) mass is 406 g/mol. The average Bonchev–Trinajstić information content (AvgIpc) is 3.12. The third-order valence-corrected chi connectivity index (χ3v) is 5.60. The summed E-state index contributed by atoms with van der Waals surface area (Å²) in [6, 6.07) is 7.27. The van der Waals surface area contributed by atoms with Crippen molar-refractivity contribution < 1.29 is 19.4 Å². The molecule has 1 aliphatic heterocycles. The number of amides is 1. The van der Waals surface area contributed by atoms with E-state index in [-0.39, 0.29) is 10.2 Å². The first-order valence-electron chi connectivity index (χ1n) is 7.53. The zero-order chi connectivity index (χ0) is 18.7. The van der Waals surface area contributed by atoms with E-state index in [4.69, 9.17) is 22.1 Å². The summed E-state index contributed by atoms with van der Waals surface area (Å²) < 4.78 is 5.94. The van der Waals surface area contributed by atoms with Crippen LogP contribution in [0.25, 0.3) is 6.08 Å².